The van der Waals surface area contributed by atoms with Crippen LogP contribution in [0.1, 0.15) is 0 Å². The molecule has 1 aliphatic heterocycles. The highest BCUT2D eigenvalue weighted by Gasteiger charge is 2.04. The van der Waals surface area contributed by atoms with Crippen molar-refractivity contribution >= 4 is 15.7 Å². The third-order valence-corrected chi connectivity index (χ3v) is 2.87. The van der Waals surface area contributed by atoms with Gasteiger partial charge in [-0.2, -0.15) is 0 Å². The second kappa shape index (κ2) is 1.20. The minimum atomic E-state index is 0.843. The predicted molar refractivity (Wildman–Crippen MR) is 27.8 cm³/mol. The van der Waals surface area contributed by atoms with Crippen molar-refractivity contribution in [3.05, 3.63) is 12.7 Å². The zero-order valence-corrected chi connectivity index (χ0v) is 4.55. The molecule has 0 saturated carbocycles. The number of hydrogen-bond acceptors (Lipinski definition) is 0. The van der Waals surface area contributed by atoms with Gasteiger partial charge >= 0.3 is 0 Å². The fourth-order valence-corrected chi connectivity index (χ4v) is 1.19. The van der Waals surface area contributed by atoms with Crippen LogP contribution >= 0.6 is 15.7 Å². The summed E-state index contributed by atoms with van der Waals surface area (Å²) < 4.78 is 0. The first-order valence-electron chi connectivity index (χ1n) is 1.46. The third kappa shape index (κ3) is 0.833. The van der Waals surface area contributed by atoms with Gasteiger partial charge in [-0.15, -0.1) is 6.58 Å². The Hall–Kier alpha value is 0.340. The molecule has 0 amide bonds. The number of hydrogen-bond donors (Lipinski definition) is 0. The van der Waals surface area contributed by atoms with Crippen LogP contribution in [0.4, 0.5) is 0 Å². The summed E-state index contributed by atoms with van der Waals surface area (Å²) in [6, 6.07) is 0. The van der Waals surface area contributed by atoms with Crippen molar-refractivity contribution in [2.45, 2.75) is 5.40 Å². The molecular weight excluding hydrogens is 98.0 g/mol. The van der Waals surface area contributed by atoms with Crippen LogP contribution in [0, 0.1) is 0 Å². The van der Waals surface area contributed by atoms with E-state index in [2.05, 4.69) is 6.58 Å². The largest absolute Gasteiger partial charge is 0.101 e. The van der Waals surface area contributed by atoms with E-state index in [9.17, 15) is 0 Å². The minimum absolute atomic E-state index is 0.843. The normalized spacial score (nSPS) is 36.4. The Bertz CT molecular complexity index is 69.0. The van der Waals surface area contributed by atoms with Crippen LogP contribution in [-0.2, 0) is 0 Å². The molecule has 0 radical (unpaired) electrons. The van der Waals surface area contributed by atoms with Crippen LogP contribution in [0.15, 0.2) is 12.7 Å². The van der Waals surface area contributed by atoms with Gasteiger partial charge in [-0.3, -0.25) is 0 Å². The molecule has 0 nitrogen and oxygen atoms in total. The Morgan fingerprint density at radius 1 is 1.60 bits per heavy atom. The molecule has 0 N–H and O–H groups in total. The van der Waals surface area contributed by atoms with E-state index in [1.165, 1.54) is 0 Å². The standard InChI is InChI=1S/C3H4P2/c1-2-3-4-5-3/h2-3H,1H2. The van der Waals surface area contributed by atoms with Crippen molar-refractivity contribution in [3.8, 4) is 0 Å². The van der Waals surface area contributed by atoms with Gasteiger partial charge in [-0.1, -0.05) is 21.8 Å². The summed E-state index contributed by atoms with van der Waals surface area (Å²) in [5, 5.41) is 0.843. The molecule has 0 aliphatic carbocycles. The van der Waals surface area contributed by atoms with E-state index in [-0.39, 0.29) is 0 Å². The summed E-state index contributed by atoms with van der Waals surface area (Å²) in [7, 11) is 3.10. The van der Waals surface area contributed by atoms with Gasteiger partial charge in [0.05, 0.1) is 5.40 Å². The maximum Gasteiger partial charge on any atom is 0.0685 e. The van der Waals surface area contributed by atoms with E-state index in [0.29, 0.717) is 0 Å². The highest BCUT2D eigenvalue weighted by molar-refractivity contribution is 8.02. The molecule has 1 aliphatic rings. The Kier molecular flexibility index (Phi) is 0.850. The van der Waals surface area contributed by atoms with Gasteiger partial charge in [-0.25, -0.2) is 0 Å². The number of allylic oxidation sites excluding steroid dienone is 1. The Labute approximate surface area is 34.7 Å². The lowest BCUT2D eigenvalue weighted by atomic mass is 10.8. The first-order valence-corrected chi connectivity index (χ1v) is 4.09. The monoisotopic (exact) mass is 102 g/mol. The van der Waals surface area contributed by atoms with Gasteiger partial charge in [-0.05, 0) is 0 Å². The highest BCUT2D eigenvalue weighted by Crippen LogP contribution is 2.48. The van der Waals surface area contributed by atoms with Crippen molar-refractivity contribution < 1.29 is 0 Å². The average Bonchev–Trinajstić information content (AvgIpc) is 2.12. The molecule has 0 aromatic carbocycles. The van der Waals surface area contributed by atoms with E-state index in [4.69, 9.17) is 0 Å². The Balaban J connectivity index is 2.28. The molecule has 5 heavy (non-hydrogen) atoms. The topological polar surface area (TPSA) is 0 Å². The second-order valence-corrected chi connectivity index (χ2v) is 4.25. The van der Waals surface area contributed by atoms with E-state index in [1.807, 2.05) is 6.08 Å². The van der Waals surface area contributed by atoms with E-state index in [1.54, 1.807) is 15.7 Å². The fourth-order valence-electron chi connectivity index (χ4n) is 0.133. The van der Waals surface area contributed by atoms with E-state index >= 15 is 0 Å². The summed E-state index contributed by atoms with van der Waals surface area (Å²) in [6.07, 6.45) is 2.00. The molecule has 0 unspecified atom stereocenters. The van der Waals surface area contributed by atoms with Crippen molar-refractivity contribution in [3.63, 3.8) is 0 Å². The van der Waals surface area contributed by atoms with Crippen molar-refractivity contribution in [2.75, 3.05) is 0 Å². The molecule has 0 aromatic heterocycles. The van der Waals surface area contributed by atoms with E-state index in [0.717, 1.165) is 5.40 Å². The van der Waals surface area contributed by atoms with Crippen LogP contribution in [-0.4, -0.2) is 5.40 Å². The highest BCUT2D eigenvalue weighted by atomic mass is 31.8. The third-order valence-electron chi connectivity index (χ3n) is 0.460. The van der Waals surface area contributed by atoms with Gasteiger partial charge in [0.25, 0.3) is 0 Å². The molecule has 26 valence electrons. The summed E-state index contributed by atoms with van der Waals surface area (Å²) in [5.74, 6) is 0. The molecule has 0 bridgehead atoms. The van der Waals surface area contributed by atoms with Crippen molar-refractivity contribution in [2.24, 2.45) is 0 Å². The summed E-state index contributed by atoms with van der Waals surface area (Å²) in [6.45, 7) is 3.61. The first-order chi connectivity index (χ1) is 2.43. The van der Waals surface area contributed by atoms with Crippen LogP contribution in [0.2, 0.25) is 0 Å². The van der Waals surface area contributed by atoms with Gasteiger partial charge in [0.2, 0.25) is 0 Å². The van der Waals surface area contributed by atoms with Gasteiger partial charge in [0.15, 0.2) is 0 Å². The molecule has 0 atom stereocenters. The van der Waals surface area contributed by atoms with E-state index < -0.39 is 0 Å². The summed E-state index contributed by atoms with van der Waals surface area (Å²) in [5.41, 5.74) is 0. The smallest absolute Gasteiger partial charge is 0.0685 e. The molecule has 0 aromatic rings. The molecule has 2 heteroatoms. The van der Waals surface area contributed by atoms with Gasteiger partial charge in [0, 0.05) is 0 Å². The average molecular weight is 102 g/mol. The Morgan fingerprint density at radius 2 is 2.20 bits per heavy atom. The lowest BCUT2D eigenvalue weighted by molar-refractivity contribution is 1.73. The van der Waals surface area contributed by atoms with Crippen LogP contribution in [0.3, 0.4) is 0 Å². The zero-order chi connectivity index (χ0) is 3.70. The molecule has 0 saturated heterocycles. The first kappa shape index (κ1) is 3.53. The lowest BCUT2D eigenvalue weighted by Gasteiger charge is -1.63. The summed E-state index contributed by atoms with van der Waals surface area (Å²) in [4.78, 5) is 0. The van der Waals surface area contributed by atoms with Crippen LogP contribution in [0.25, 0.3) is 0 Å². The predicted octanol–water partition coefficient (Wildman–Crippen LogP) is 2.32. The van der Waals surface area contributed by atoms with Crippen molar-refractivity contribution in [1.82, 2.24) is 0 Å². The quantitative estimate of drug-likeness (QED) is 0.352. The Morgan fingerprint density at radius 3 is 2.20 bits per heavy atom. The molecule has 1 rings (SSSR count). The van der Waals surface area contributed by atoms with Crippen LogP contribution in [0.5, 0.6) is 0 Å². The molecule has 0 fully saturated rings. The molecular formula is C3H4P2. The lowest BCUT2D eigenvalue weighted by Crippen LogP contribution is -1.55. The molecule has 0 spiro atoms. The second-order valence-electron chi connectivity index (χ2n) is 0.880. The zero-order valence-electron chi connectivity index (χ0n) is 2.76. The van der Waals surface area contributed by atoms with Gasteiger partial charge in [0.1, 0.15) is 0 Å². The SMILES string of the molecule is C=CC1P=P1. The maximum atomic E-state index is 3.61. The van der Waals surface area contributed by atoms with Crippen molar-refractivity contribution in [1.29, 1.82) is 0 Å². The van der Waals surface area contributed by atoms with Crippen LogP contribution < -0.4 is 0 Å². The summed E-state index contributed by atoms with van der Waals surface area (Å²) >= 11 is 0. The maximum absolute atomic E-state index is 3.61. The molecule has 1 heterocycles. The fraction of sp³-hybridized carbons (Fsp3) is 0.333. The minimum Gasteiger partial charge on any atom is -0.101 e. The number of rotatable bonds is 1. The van der Waals surface area contributed by atoms with Gasteiger partial charge < -0.3 is 0 Å².